The van der Waals surface area contributed by atoms with E-state index in [-0.39, 0.29) is 17.6 Å². The molecule has 1 aromatic rings. The van der Waals surface area contributed by atoms with Crippen molar-refractivity contribution >= 4 is 11.6 Å². The average molecular weight is 264 g/mol. The van der Waals surface area contributed by atoms with Crippen LogP contribution in [0.15, 0.2) is 24.3 Å². The van der Waals surface area contributed by atoms with Gasteiger partial charge in [-0.25, -0.2) is 4.39 Å². The number of benzene rings is 1. The molecule has 0 saturated heterocycles. The molecule has 0 aromatic heterocycles. The highest BCUT2D eigenvalue weighted by molar-refractivity contribution is 5.88. The minimum Gasteiger partial charge on any atom is -0.371 e. The van der Waals surface area contributed by atoms with Crippen molar-refractivity contribution in [1.82, 2.24) is 0 Å². The molecule has 2 unspecified atom stereocenters. The number of amides is 1. The number of nitrogens with one attached hydrogen (secondary N) is 1. The first-order valence-electron chi connectivity index (χ1n) is 6.92. The summed E-state index contributed by atoms with van der Waals surface area (Å²) < 4.78 is 12.9. The third kappa shape index (κ3) is 2.72. The average Bonchev–Trinajstić information content (AvgIpc) is 2.41. The van der Waals surface area contributed by atoms with E-state index in [9.17, 15) is 9.18 Å². The van der Waals surface area contributed by atoms with E-state index in [1.807, 2.05) is 0 Å². The van der Waals surface area contributed by atoms with Gasteiger partial charge in [-0.1, -0.05) is 26.2 Å². The standard InChI is InChI=1S/C15H21FN2O/c1-2-11-5-3-4-10-15(11,14(17)19)18-13-8-6-12(16)7-9-13/h6-9,11,18H,2-5,10H2,1H3,(H2,17,19). The number of anilines is 1. The Hall–Kier alpha value is -1.58. The third-order valence-corrected chi connectivity index (χ3v) is 4.21. The topological polar surface area (TPSA) is 55.1 Å². The number of hydrogen-bond acceptors (Lipinski definition) is 2. The van der Waals surface area contributed by atoms with Gasteiger partial charge in [0.2, 0.25) is 5.91 Å². The molecule has 0 heterocycles. The number of nitrogens with two attached hydrogens (primary N) is 1. The lowest BCUT2D eigenvalue weighted by molar-refractivity contribution is -0.125. The monoisotopic (exact) mass is 264 g/mol. The predicted molar refractivity (Wildman–Crippen MR) is 74.2 cm³/mol. The molecule has 0 bridgehead atoms. The molecule has 2 atom stereocenters. The van der Waals surface area contributed by atoms with Crippen LogP contribution in [0, 0.1) is 11.7 Å². The Morgan fingerprint density at radius 3 is 2.68 bits per heavy atom. The molecule has 3 nitrogen and oxygen atoms in total. The molecule has 0 aliphatic heterocycles. The van der Waals surface area contributed by atoms with Crippen LogP contribution in [0.1, 0.15) is 39.0 Å². The fourth-order valence-electron chi connectivity index (χ4n) is 3.14. The van der Waals surface area contributed by atoms with Crippen LogP contribution in [-0.2, 0) is 4.79 Å². The molecule has 1 saturated carbocycles. The van der Waals surface area contributed by atoms with Crippen molar-refractivity contribution in [1.29, 1.82) is 0 Å². The lowest BCUT2D eigenvalue weighted by Crippen LogP contribution is -2.57. The van der Waals surface area contributed by atoms with Gasteiger partial charge < -0.3 is 11.1 Å². The molecule has 0 spiro atoms. The summed E-state index contributed by atoms with van der Waals surface area (Å²) in [5, 5.41) is 3.28. The quantitative estimate of drug-likeness (QED) is 0.878. The van der Waals surface area contributed by atoms with Gasteiger partial charge in [-0.15, -0.1) is 0 Å². The van der Waals surface area contributed by atoms with Gasteiger partial charge in [0.05, 0.1) is 0 Å². The largest absolute Gasteiger partial charge is 0.371 e. The highest BCUT2D eigenvalue weighted by atomic mass is 19.1. The highest BCUT2D eigenvalue weighted by Gasteiger charge is 2.44. The number of carbonyl (C=O) groups excluding carboxylic acids is 1. The maximum atomic E-state index is 12.9. The highest BCUT2D eigenvalue weighted by Crippen LogP contribution is 2.38. The van der Waals surface area contributed by atoms with Gasteiger partial charge in [-0.2, -0.15) is 0 Å². The second-order valence-electron chi connectivity index (χ2n) is 5.32. The summed E-state index contributed by atoms with van der Waals surface area (Å²) in [5.41, 5.74) is 5.73. The summed E-state index contributed by atoms with van der Waals surface area (Å²) in [4.78, 5) is 12.0. The number of hydrogen-bond donors (Lipinski definition) is 2. The van der Waals surface area contributed by atoms with Crippen LogP contribution >= 0.6 is 0 Å². The van der Waals surface area contributed by atoms with Crippen LogP contribution in [0.5, 0.6) is 0 Å². The molecule has 1 aromatic carbocycles. The van der Waals surface area contributed by atoms with Crippen LogP contribution in [0.4, 0.5) is 10.1 Å². The molecule has 3 N–H and O–H groups in total. The van der Waals surface area contributed by atoms with E-state index >= 15 is 0 Å². The van der Waals surface area contributed by atoms with Gasteiger partial charge in [0.25, 0.3) is 0 Å². The Labute approximate surface area is 113 Å². The van der Waals surface area contributed by atoms with Crippen molar-refractivity contribution in [3.8, 4) is 0 Å². The molecule has 2 rings (SSSR count). The van der Waals surface area contributed by atoms with Gasteiger partial charge in [0, 0.05) is 5.69 Å². The van der Waals surface area contributed by atoms with Crippen molar-refractivity contribution in [2.24, 2.45) is 11.7 Å². The van der Waals surface area contributed by atoms with Crippen LogP contribution in [0.3, 0.4) is 0 Å². The molecule has 1 aliphatic rings. The maximum absolute atomic E-state index is 12.9. The van der Waals surface area contributed by atoms with Crippen LogP contribution in [-0.4, -0.2) is 11.4 Å². The molecule has 19 heavy (non-hydrogen) atoms. The molecule has 1 fully saturated rings. The number of carbonyl (C=O) groups is 1. The Morgan fingerprint density at radius 1 is 1.42 bits per heavy atom. The molecule has 4 heteroatoms. The SMILES string of the molecule is CCC1CCCCC1(Nc1ccc(F)cc1)C(N)=O. The normalized spacial score (nSPS) is 26.9. The van der Waals surface area contributed by atoms with Gasteiger partial charge in [-0.05, 0) is 43.0 Å². The first-order chi connectivity index (χ1) is 9.08. The fraction of sp³-hybridized carbons (Fsp3) is 0.533. The van der Waals surface area contributed by atoms with E-state index in [1.165, 1.54) is 12.1 Å². The third-order valence-electron chi connectivity index (χ3n) is 4.21. The van der Waals surface area contributed by atoms with E-state index in [0.29, 0.717) is 0 Å². The van der Waals surface area contributed by atoms with Crippen LogP contribution < -0.4 is 11.1 Å². The van der Waals surface area contributed by atoms with Crippen LogP contribution in [0.25, 0.3) is 0 Å². The minimum absolute atomic E-state index is 0.240. The second kappa shape index (κ2) is 5.59. The lowest BCUT2D eigenvalue weighted by atomic mass is 9.70. The van der Waals surface area contributed by atoms with E-state index in [0.717, 1.165) is 37.8 Å². The Bertz CT molecular complexity index is 446. The summed E-state index contributed by atoms with van der Waals surface area (Å²) in [6.45, 7) is 2.08. The van der Waals surface area contributed by atoms with E-state index in [2.05, 4.69) is 12.2 Å². The van der Waals surface area contributed by atoms with E-state index < -0.39 is 5.54 Å². The van der Waals surface area contributed by atoms with Gasteiger partial charge >= 0.3 is 0 Å². The van der Waals surface area contributed by atoms with Crippen molar-refractivity contribution in [2.75, 3.05) is 5.32 Å². The first kappa shape index (κ1) is 13.8. The minimum atomic E-state index is -0.690. The molecule has 104 valence electrons. The zero-order chi connectivity index (χ0) is 13.9. The van der Waals surface area contributed by atoms with Gasteiger partial charge in [-0.3, -0.25) is 4.79 Å². The zero-order valence-electron chi connectivity index (χ0n) is 11.3. The molecule has 0 radical (unpaired) electrons. The van der Waals surface area contributed by atoms with Crippen molar-refractivity contribution in [2.45, 2.75) is 44.6 Å². The number of primary amides is 1. The van der Waals surface area contributed by atoms with Crippen molar-refractivity contribution < 1.29 is 9.18 Å². The summed E-state index contributed by atoms with van der Waals surface area (Å²) in [6, 6.07) is 6.09. The van der Waals surface area contributed by atoms with E-state index in [1.54, 1.807) is 12.1 Å². The summed E-state index contributed by atoms with van der Waals surface area (Å²) in [7, 11) is 0. The van der Waals surface area contributed by atoms with Crippen molar-refractivity contribution in [3.63, 3.8) is 0 Å². The molecule has 1 aliphatic carbocycles. The van der Waals surface area contributed by atoms with E-state index in [4.69, 9.17) is 5.73 Å². The Balaban J connectivity index is 2.28. The molecule has 1 amide bonds. The lowest BCUT2D eigenvalue weighted by Gasteiger charge is -2.42. The molecular weight excluding hydrogens is 243 g/mol. The zero-order valence-corrected chi connectivity index (χ0v) is 11.3. The van der Waals surface area contributed by atoms with Crippen molar-refractivity contribution in [3.05, 3.63) is 30.1 Å². The first-order valence-corrected chi connectivity index (χ1v) is 6.92. The smallest absolute Gasteiger partial charge is 0.243 e. The predicted octanol–water partition coefficient (Wildman–Crippen LogP) is 3.06. The summed E-state index contributed by atoms with van der Waals surface area (Å²) in [5.74, 6) is -0.346. The molecular formula is C15H21FN2O. The Kier molecular flexibility index (Phi) is 4.08. The maximum Gasteiger partial charge on any atom is 0.243 e. The summed E-state index contributed by atoms with van der Waals surface area (Å²) >= 11 is 0. The fourth-order valence-corrected chi connectivity index (χ4v) is 3.14. The van der Waals surface area contributed by atoms with Gasteiger partial charge in [0.1, 0.15) is 11.4 Å². The van der Waals surface area contributed by atoms with Gasteiger partial charge in [0.15, 0.2) is 0 Å². The number of rotatable bonds is 4. The second-order valence-corrected chi connectivity index (χ2v) is 5.32. The Morgan fingerprint density at radius 2 is 2.11 bits per heavy atom. The number of halogens is 1. The summed E-state index contributed by atoms with van der Waals surface area (Å²) in [6.07, 6.45) is 4.80. The van der Waals surface area contributed by atoms with Crippen LogP contribution in [0.2, 0.25) is 0 Å².